The van der Waals surface area contributed by atoms with Crippen LogP contribution in [0.2, 0.25) is 0 Å². The van der Waals surface area contributed by atoms with Gasteiger partial charge in [0, 0.05) is 12.3 Å². The van der Waals surface area contributed by atoms with E-state index in [1.807, 2.05) is 54.6 Å². The van der Waals surface area contributed by atoms with Gasteiger partial charge in [-0.15, -0.1) is 0 Å². The Bertz CT molecular complexity index is 1280. The summed E-state index contributed by atoms with van der Waals surface area (Å²) < 4.78 is 11.9. The second kappa shape index (κ2) is 27.2. The van der Waals surface area contributed by atoms with Crippen molar-refractivity contribution >= 4 is 11.9 Å². The summed E-state index contributed by atoms with van der Waals surface area (Å²) in [6.07, 6.45) is 22.8. The summed E-state index contributed by atoms with van der Waals surface area (Å²) in [6.45, 7) is 9.05. The van der Waals surface area contributed by atoms with Crippen LogP contribution in [0.4, 0.5) is 0 Å². The Hall–Kier alpha value is -3.44. The lowest BCUT2D eigenvalue weighted by atomic mass is 9.76. The van der Waals surface area contributed by atoms with Crippen LogP contribution < -0.4 is 5.32 Å². The molecule has 3 aromatic rings. The number of unbranched alkanes of at least 4 members (excludes halogenated alkanes) is 15. The maximum absolute atomic E-state index is 14.0. The van der Waals surface area contributed by atoms with Crippen LogP contribution in [-0.4, -0.2) is 31.2 Å². The highest BCUT2D eigenvalue weighted by molar-refractivity contribution is 5.77. The van der Waals surface area contributed by atoms with Gasteiger partial charge in [-0.25, -0.2) is 0 Å². The molecule has 0 amide bonds. The van der Waals surface area contributed by atoms with E-state index in [0.29, 0.717) is 6.42 Å². The molecule has 0 radical (unpaired) electrons. The summed E-state index contributed by atoms with van der Waals surface area (Å²) in [4.78, 5) is 26.8. The van der Waals surface area contributed by atoms with Gasteiger partial charge in [-0.2, -0.15) is 0 Å². The monoisotopic (exact) mass is 740 g/mol. The minimum Gasteiger partial charge on any atom is -0.465 e. The Morgan fingerprint density at radius 1 is 0.537 bits per heavy atom. The number of benzene rings is 3. The first kappa shape index (κ1) is 45.0. The van der Waals surface area contributed by atoms with Crippen LogP contribution >= 0.6 is 0 Å². The van der Waals surface area contributed by atoms with E-state index in [-0.39, 0.29) is 37.0 Å². The predicted octanol–water partition coefficient (Wildman–Crippen LogP) is 12.7. The highest BCUT2D eigenvalue weighted by Gasteiger charge is 2.41. The second-order valence-electron chi connectivity index (χ2n) is 15.7. The molecule has 3 aromatic carbocycles. The van der Waals surface area contributed by atoms with Crippen LogP contribution in [-0.2, 0) is 24.6 Å². The third kappa shape index (κ3) is 16.1. The lowest BCUT2D eigenvalue weighted by molar-refractivity contribution is -0.152. The van der Waals surface area contributed by atoms with Crippen LogP contribution in [0.25, 0.3) is 0 Å². The molecule has 0 aliphatic carbocycles. The summed E-state index contributed by atoms with van der Waals surface area (Å²) >= 11 is 0. The topological polar surface area (TPSA) is 64.6 Å². The molecule has 0 aliphatic rings. The smallest absolute Gasteiger partial charge is 0.323 e. The van der Waals surface area contributed by atoms with Crippen molar-refractivity contribution in [3.8, 4) is 0 Å². The number of carbonyl (C=O) groups is 2. The molecule has 0 bridgehead atoms. The van der Waals surface area contributed by atoms with Gasteiger partial charge in [-0.3, -0.25) is 14.9 Å². The van der Waals surface area contributed by atoms with Crippen LogP contribution in [0.1, 0.15) is 166 Å². The molecule has 0 heterocycles. The number of hydrogen-bond acceptors (Lipinski definition) is 5. The Balaban J connectivity index is 1.49. The van der Waals surface area contributed by atoms with E-state index >= 15 is 0 Å². The molecule has 0 saturated carbocycles. The van der Waals surface area contributed by atoms with Gasteiger partial charge in [-0.05, 0) is 35.4 Å². The highest BCUT2D eigenvalue weighted by Crippen LogP contribution is 2.38. The molecule has 54 heavy (non-hydrogen) atoms. The maximum Gasteiger partial charge on any atom is 0.323 e. The highest BCUT2D eigenvalue weighted by atomic mass is 16.5. The Kier molecular flexibility index (Phi) is 22.6. The van der Waals surface area contributed by atoms with Crippen molar-refractivity contribution in [2.45, 2.75) is 161 Å². The van der Waals surface area contributed by atoms with E-state index in [0.717, 1.165) is 48.8 Å². The number of carbonyl (C=O) groups excluding carboxylic acids is 2. The third-order valence-electron chi connectivity index (χ3n) is 10.8. The fraction of sp³-hybridized carbons (Fsp3) is 0.592. The summed E-state index contributed by atoms with van der Waals surface area (Å²) in [6, 6.07) is 30.4. The standard InChI is InChI=1S/C49H73NO4/c1-5-7-9-10-11-12-13-14-15-16-17-18-19-20-30-38-46(51)53-39-42(31-8-6-2)40-54-48(52)47(41(3)4)50-49(43-32-24-21-25-33-43,44-34-26-22-27-35-44)45-36-28-23-29-37-45/h21-29,32-37,41-42,47,50H,5-20,30-31,38-40H2,1-4H3/t42?,47-/m0/s1. The molecule has 1 N–H and O–H groups in total. The molecule has 0 spiro atoms. The van der Waals surface area contributed by atoms with Gasteiger partial charge in [0.05, 0.1) is 18.8 Å². The first-order valence-corrected chi connectivity index (χ1v) is 21.7. The molecule has 298 valence electrons. The molecule has 3 rings (SSSR count). The van der Waals surface area contributed by atoms with Crippen molar-refractivity contribution in [1.82, 2.24) is 5.32 Å². The Morgan fingerprint density at radius 2 is 0.926 bits per heavy atom. The molecular formula is C49H73NO4. The molecule has 0 aromatic heterocycles. The molecular weight excluding hydrogens is 667 g/mol. The molecule has 1 unspecified atom stereocenters. The number of ether oxygens (including phenoxy) is 2. The average molecular weight is 740 g/mol. The van der Waals surface area contributed by atoms with Crippen LogP contribution in [0.15, 0.2) is 91.0 Å². The van der Waals surface area contributed by atoms with E-state index in [1.54, 1.807) is 0 Å². The third-order valence-corrected chi connectivity index (χ3v) is 10.8. The largest absolute Gasteiger partial charge is 0.465 e. The van der Waals surface area contributed by atoms with E-state index in [2.05, 4.69) is 69.4 Å². The van der Waals surface area contributed by atoms with Crippen molar-refractivity contribution in [2.24, 2.45) is 11.8 Å². The minimum atomic E-state index is -0.790. The van der Waals surface area contributed by atoms with Gasteiger partial charge < -0.3 is 9.47 Å². The quantitative estimate of drug-likeness (QED) is 0.0419. The zero-order valence-electron chi connectivity index (χ0n) is 34.4. The molecule has 0 fully saturated rings. The van der Waals surface area contributed by atoms with Gasteiger partial charge in [0.1, 0.15) is 6.04 Å². The van der Waals surface area contributed by atoms with Gasteiger partial charge in [0.15, 0.2) is 0 Å². The molecule has 5 nitrogen and oxygen atoms in total. The maximum atomic E-state index is 14.0. The number of esters is 2. The van der Waals surface area contributed by atoms with Crippen LogP contribution in [0.3, 0.4) is 0 Å². The number of nitrogens with one attached hydrogen (secondary N) is 1. The molecule has 5 heteroatoms. The van der Waals surface area contributed by atoms with Gasteiger partial charge >= 0.3 is 11.9 Å². The fourth-order valence-corrected chi connectivity index (χ4v) is 7.47. The fourth-order valence-electron chi connectivity index (χ4n) is 7.47. The van der Waals surface area contributed by atoms with Crippen molar-refractivity contribution < 1.29 is 19.1 Å². The first-order chi connectivity index (χ1) is 26.4. The van der Waals surface area contributed by atoms with E-state index in [9.17, 15) is 9.59 Å². The minimum absolute atomic E-state index is 0.0335. The van der Waals surface area contributed by atoms with Crippen molar-refractivity contribution in [1.29, 1.82) is 0 Å². The van der Waals surface area contributed by atoms with E-state index in [1.165, 1.54) is 83.5 Å². The summed E-state index contributed by atoms with van der Waals surface area (Å²) in [5, 5.41) is 3.83. The first-order valence-electron chi connectivity index (χ1n) is 21.7. The van der Waals surface area contributed by atoms with Crippen molar-refractivity contribution in [3.63, 3.8) is 0 Å². The molecule has 2 atom stereocenters. The number of hydrogen-bond donors (Lipinski definition) is 1. The Morgan fingerprint density at radius 3 is 1.33 bits per heavy atom. The lowest BCUT2D eigenvalue weighted by Gasteiger charge is -2.40. The molecule has 0 saturated heterocycles. The predicted molar refractivity (Wildman–Crippen MR) is 225 cm³/mol. The SMILES string of the molecule is CCCCCCCCCCCCCCCCCC(=O)OCC(CCCC)COC(=O)[C@@H](NC(c1ccccc1)(c1ccccc1)c1ccccc1)C(C)C. The van der Waals surface area contributed by atoms with Crippen LogP contribution in [0.5, 0.6) is 0 Å². The number of rotatable bonds is 30. The van der Waals surface area contributed by atoms with Crippen molar-refractivity contribution in [2.75, 3.05) is 13.2 Å². The van der Waals surface area contributed by atoms with E-state index < -0.39 is 11.6 Å². The second-order valence-corrected chi connectivity index (χ2v) is 15.7. The molecule has 0 aliphatic heterocycles. The van der Waals surface area contributed by atoms with Gasteiger partial charge in [0.25, 0.3) is 0 Å². The van der Waals surface area contributed by atoms with Crippen LogP contribution in [0, 0.1) is 11.8 Å². The van der Waals surface area contributed by atoms with Gasteiger partial charge in [0.2, 0.25) is 0 Å². The Labute approximate surface area is 329 Å². The normalized spacial score (nSPS) is 12.8. The zero-order chi connectivity index (χ0) is 38.7. The van der Waals surface area contributed by atoms with Gasteiger partial charge in [-0.1, -0.05) is 221 Å². The van der Waals surface area contributed by atoms with E-state index in [4.69, 9.17) is 9.47 Å². The summed E-state index contributed by atoms with van der Waals surface area (Å²) in [7, 11) is 0. The van der Waals surface area contributed by atoms with Crippen molar-refractivity contribution in [3.05, 3.63) is 108 Å². The summed E-state index contributed by atoms with van der Waals surface area (Å²) in [5.41, 5.74) is 2.34. The summed E-state index contributed by atoms with van der Waals surface area (Å²) in [5.74, 6) is -0.510. The average Bonchev–Trinajstić information content (AvgIpc) is 3.20. The lowest BCUT2D eigenvalue weighted by Crippen LogP contribution is -2.55. The zero-order valence-corrected chi connectivity index (χ0v) is 34.4.